The Morgan fingerprint density at radius 2 is 2.50 bits per heavy atom. The SMILES string of the molecule is [CH-][O+]1CCSC[C@H]1c1cccs1. The predicted molar refractivity (Wildman–Crippen MR) is 54.6 cm³/mol. The van der Waals surface area contributed by atoms with Crippen molar-refractivity contribution in [3.05, 3.63) is 29.5 Å². The maximum Gasteiger partial charge on any atom is 0.173 e. The van der Waals surface area contributed by atoms with Gasteiger partial charge in [0.05, 0.1) is 16.4 Å². The molecule has 0 saturated carbocycles. The molecule has 0 aliphatic carbocycles. The topological polar surface area (TPSA) is 2.70 Å². The zero-order valence-electron chi connectivity index (χ0n) is 6.73. The molecule has 0 amide bonds. The minimum Gasteiger partial charge on any atom is -0.580 e. The molecule has 1 aromatic rings. The first kappa shape index (κ1) is 8.60. The molecule has 3 heteroatoms. The minimum atomic E-state index is 0.365. The molecule has 65 valence electrons. The molecule has 1 aliphatic rings. The van der Waals surface area contributed by atoms with Gasteiger partial charge in [-0.3, -0.25) is 0 Å². The molecule has 12 heavy (non-hydrogen) atoms. The Morgan fingerprint density at radius 1 is 1.58 bits per heavy atom. The highest BCUT2D eigenvalue weighted by atomic mass is 32.2. The summed E-state index contributed by atoms with van der Waals surface area (Å²) in [5.41, 5.74) is 0. The molecule has 2 heterocycles. The fourth-order valence-corrected chi connectivity index (χ4v) is 3.26. The number of rotatable bonds is 1. The summed E-state index contributed by atoms with van der Waals surface area (Å²) in [5, 5.41) is 2.10. The van der Waals surface area contributed by atoms with Gasteiger partial charge in [0.25, 0.3) is 0 Å². The van der Waals surface area contributed by atoms with Crippen LogP contribution in [-0.4, -0.2) is 18.1 Å². The Hall–Kier alpha value is 0.01000. The molecule has 0 N–H and O–H groups in total. The van der Waals surface area contributed by atoms with Crippen LogP contribution in [-0.2, 0) is 4.37 Å². The van der Waals surface area contributed by atoms with Crippen molar-refractivity contribution in [2.75, 3.05) is 18.1 Å². The van der Waals surface area contributed by atoms with E-state index in [1.54, 1.807) is 11.3 Å². The molecule has 0 spiro atoms. The number of hydrogen-bond donors (Lipinski definition) is 0. The van der Waals surface area contributed by atoms with Crippen molar-refractivity contribution in [1.82, 2.24) is 0 Å². The molecule has 1 radical (unpaired) electrons. The Kier molecular flexibility index (Phi) is 2.73. The summed E-state index contributed by atoms with van der Waals surface area (Å²) in [4.78, 5) is 1.36. The van der Waals surface area contributed by atoms with Crippen molar-refractivity contribution in [1.29, 1.82) is 0 Å². The first-order chi connectivity index (χ1) is 5.88. The van der Waals surface area contributed by atoms with Crippen LogP contribution in [0, 0.1) is 7.11 Å². The van der Waals surface area contributed by atoms with Crippen molar-refractivity contribution >= 4 is 23.1 Å². The second-order valence-corrected chi connectivity index (χ2v) is 4.88. The van der Waals surface area contributed by atoms with Crippen LogP contribution in [0.1, 0.15) is 11.0 Å². The van der Waals surface area contributed by atoms with Gasteiger partial charge in [0.1, 0.15) is 6.61 Å². The molecule has 1 atom stereocenters. The van der Waals surface area contributed by atoms with Gasteiger partial charge in [-0.1, -0.05) is 6.07 Å². The monoisotopic (exact) mass is 199 g/mol. The Bertz CT molecular complexity index is 233. The molecule has 0 bridgehead atoms. The van der Waals surface area contributed by atoms with Crippen LogP contribution in [0.5, 0.6) is 0 Å². The molecular formula is C9H11OS2. The average molecular weight is 199 g/mol. The normalized spacial score (nSPS) is 25.9. The predicted octanol–water partition coefficient (Wildman–Crippen LogP) is 2.76. The molecule has 1 fully saturated rings. The lowest BCUT2D eigenvalue weighted by atomic mass is 10.3. The van der Waals surface area contributed by atoms with Gasteiger partial charge in [-0.2, -0.15) is 0 Å². The van der Waals surface area contributed by atoms with E-state index in [0.29, 0.717) is 6.10 Å². The lowest BCUT2D eigenvalue weighted by Gasteiger charge is -2.35. The van der Waals surface area contributed by atoms with E-state index in [9.17, 15) is 0 Å². The Morgan fingerprint density at radius 3 is 3.17 bits per heavy atom. The van der Waals surface area contributed by atoms with E-state index in [4.69, 9.17) is 7.11 Å². The van der Waals surface area contributed by atoms with Gasteiger partial charge in [-0.05, 0) is 11.4 Å². The zero-order chi connectivity index (χ0) is 8.39. The minimum absolute atomic E-state index is 0.365. The van der Waals surface area contributed by atoms with E-state index < -0.39 is 0 Å². The fourth-order valence-electron chi connectivity index (χ4n) is 1.28. The zero-order valence-corrected chi connectivity index (χ0v) is 8.37. The third-order valence-electron chi connectivity index (χ3n) is 1.96. The number of thioether (sulfide) groups is 1. The van der Waals surface area contributed by atoms with Gasteiger partial charge in [-0.25, -0.2) is 0 Å². The quantitative estimate of drug-likeness (QED) is 0.496. The summed E-state index contributed by atoms with van der Waals surface area (Å²) in [7, 11) is 5.81. The molecule has 1 nitrogen and oxygen atoms in total. The van der Waals surface area contributed by atoms with Crippen molar-refractivity contribution < 1.29 is 4.37 Å². The van der Waals surface area contributed by atoms with E-state index >= 15 is 0 Å². The highest BCUT2D eigenvalue weighted by Crippen LogP contribution is 2.34. The summed E-state index contributed by atoms with van der Waals surface area (Å²) in [6.45, 7) is 0.924. The standard InChI is InChI=1S/C9H11OS2/c1-10-4-6-11-7-8(10)9-3-2-5-12-9/h1-3,5,8H,4,6-7H2/t8-/m0/s1. The number of hydrogen-bond acceptors (Lipinski definition) is 2. The van der Waals surface area contributed by atoms with E-state index in [2.05, 4.69) is 21.9 Å². The maximum absolute atomic E-state index is 5.81. The molecule has 1 saturated heterocycles. The summed E-state index contributed by atoms with van der Waals surface area (Å²) in [6, 6.07) is 4.22. The first-order valence-corrected chi connectivity index (χ1v) is 5.96. The van der Waals surface area contributed by atoms with E-state index in [0.717, 1.165) is 18.1 Å². The van der Waals surface area contributed by atoms with Gasteiger partial charge in [0.2, 0.25) is 0 Å². The van der Waals surface area contributed by atoms with Crippen LogP contribution < -0.4 is 0 Å². The summed E-state index contributed by atoms with van der Waals surface area (Å²) in [6.07, 6.45) is 0.365. The first-order valence-electron chi connectivity index (χ1n) is 3.93. The van der Waals surface area contributed by atoms with Crippen LogP contribution in [0.2, 0.25) is 0 Å². The molecule has 2 rings (SSSR count). The van der Waals surface area contributed by atoms with Gasteiger partial charge in [-0.15, -0.1) is 30.2 Å². The largest absolute Gasteiger partial charge is 0.580 e. The van der Waals surface area contributed by atoms with E-state index in [-0.39, 0.29) is 0 Å². The van der Waals surface area contributed by atoms with Gasteiger partial charge < -0.3 is 4.37 Å². The van der Waals surface area contributed by atoms with Crippen LogP contribution in [0.3, 0.4) is 0 Å². The molecular weight excluding hydrogens is 188 g/mol. The van der Waals surface area contributed by atoms with E-state index in [1.807, 2.05) is 11.8 Å². The van der Waals surface area contributed by atoms with Crippen LogP contribution in [0.25, 0.3) is 0 Å². The Balaban J connectivity index is 2.11. The Labute approximate surface area is 81.4 Å². The number of thiophene rings is 1. The average Bonchev–Trinajstić information content (AvgIpc) is 2.57. The third kappa shape index (κ3) is 1.68. The summed E-state index contributed by atoms with van der Waals surface area (Å²) >= 11 is 3.75. The maximum atomic E-state index is 5.81. The smallest absolute Gasteiger partial charge is 0.173 e. The molecule has 1 aliphatic heterocycles. The van der Waals surface area contributed by atoms with Crippen LogP contribution in [0.15, 0.2) is 17.5 Å². The summed E-state index contributed by atoms with van der Waals surface area (Å²) < 4.78 is 2.74. The van der Waals surface area contributed by atoms with Crippen LogP contribution in [0.4, 0.5) is 0 Å². The fraction of sp³-hybridized carbons (Fsp3) is 0.444. The highest BCUT2D eigenvalue weighted by molar-refractivity contribution is 7.99. The molecule has 1 aromatic heterocycles. The lowest BCUT2D eigenvalue weighted by molar-refractivity contribution is -0.112. The summed E-state index contributed by atoms with van der Waals surface area (Å²) in [5.74, 6) is 2.23. The van der Waals surface area contributed by atoms with Crippen LogP contribution >= 0.6 is 23.1 Å². The van der Waals surface area contributed by atoms with Crippen molar-refractivity contribution in [2.24, 2.45) is 0 Å². The van der Waals surface area contributed by atoms with Crippen molar-refractivity contribution in [3.63, 3.8) is 0 Å². The third-order valence-corrected chi connectivity index (χ3v) is 3.92. The molecule has 0 aromatic carbocycles. The highest BCUT2D eigenvalue weighted by Gasteiger charge is 2.23. The van der Waals surface area contributed by atoms with Crippen molar-refractivity contribution in [2.45, 2.75) is 6.10 Å². The van der Waals surface area contributed by atoms with Gasteiger partial charge in [0, 0.05) is 0 Å². The lowest BCUT2D eigenvalue weighted by Crippen LogP contribution is -2.23. The van der Waals surface area contributed by atoms with Gasteiger partial charge in [0.15, 0.2) is 6.10 Å². The second kappa shape index (κ2) is 3.81. The van der Waals surface area contributed by atoms with Crippen molar-refractivity contribution in [3.8, 4) is 0 Å². The van der Waals surface area contributed by atoms with E-state index in [1.165, 1.54) is 4.88 Å². The molecule has 0 unspecified atom stereocenters. The second-order valence-electron chi connectivity index (χ2n) is 2.75. The van der Waals surface area contributed by atoms with Gasteiger partial charge >= 0.3 is 0 Å².